The van der Waals surface area contributed by atoms with Crippen LogP contribution in [0.5, 0.6) is 0 Å². The molecule has 0 aliphatic rings. The molecule has 4 nitrogen and oxygen atoms in total. The predicted molar refractivity (Wildman–Crippen MR) is 70.6 cm³/mol. The highest BCUT2D eigenvalue weighted by Gasteiger charge is 2.19. The van der Waals surface area contributed by atoms with Crippen molar-refractivity contribution in [3.8, 4) is 0 Å². The molecule has 0 bridgehead atoms. The van der Waals surface area contributed by atoms with Crippen LogP contribution in [0.3, 0.4) is 0 Å². The zero-order valence-corrected chi connectivity index (χ0v) is 11.1. The fraction of sp³-hybridized carbons (Fsp3) is 0.429. The Morgan fingerprint density at radius 1 is 1.17 bits per heavy atom. The summed E-state index contributed by atoms with van der Waals surface area (Å²) in [7, 11) is 0. The maximum Gasteiger partial charge on any atom is 0.358 e. The van der Waals surface area contributed by atoms with Gasteiger partial charge in [0.2, 0.25) is 0 Å². The third kappa shape index (κ3) is 2.88. The number of carboxylic acids is 1. The molecule has 0 saturated carbocycles. The molecule has 2 N–H and O–H groups in total. The van der Waals surface area contributed by atoms with Crippen molar-refractivity contribution in [1.29, 1.82) is 0 Å². The van der Waals surface area contributed by atoms with E-state index in [-0.39, 0.29) is 11.6 Å². The zero-order valence-electron chi connectivity index (χ0n) is 11.1. The number of benzene rings is 1. The van der Waals surface area contributed by atoms with Crippen molar-refractivity contribution in [3.05, 3.63) is 34.9 Å². The first-order valence-electron chi connectivity index (χ1n) is 5.98. The van der Waals surface area contributed by atoms with E-state index in [1.54, 1.807) is 6.07 Å². The Labute approximate surface area is 107 Å². The molecule has 18 heavy (non-hydrogen) atoms. The smallest absolute Gasteiger partial charge is 0.358 e. The van der Waals surface area contributed by atoms with Crippen molar-refractivity contribution in [2.45, 2.75) is 39.5 Å². The highest BCUT2D eigenvalue weighted by atomic mass is 16.4. The molecule has 0 atom stereocenters. The molecule has 0 aliphatic heterocycles. The van der Waals surface area contributed by atoms with Gasteiger partial charge in [-0.3, -0.25) is 0 Å². The molecular weight excluding hydrogens is 230 g/mol. The Morgan fingerprint density at radius 2 is 1.78 bits per heavy atom. The lowest BCUT2D eigenvalue weighted by Gasteiger charge is -2.15. The van der Waals surface area contributed by atoms with Crippen LogP contribution in [0.15, 0.2) is 23.4 Å². The Bertz CT molecular complexity index is 476. The van der Waals surface area contributed by atoms with E-state index in [0.29, 0.717) is 11.5 Å². The summed E-state index contributed by atoms with van der Waals surface area (Å²) in [5, 5.41) is 20.8. The summed E-state index contributed by atoms with van der Waals surface area (Å²) in [6, 6.07) is 5.58. The lowest BCUT2D eigenvalue weighted by Crippen LogP contribution is -2.17. The number of aliphatic carboxylic acids is 1. The molecule has 0 radical (unpaired) electrons. The van der Waals surface area contributed by atoms with Gasteiger partial charge in [-0.15, -0.1) is 0 Å². The monoisotopic (exact) mass is 249 g/mol. The van der Waals surface area contributed by atoms with E-state index >= 15 is 0 Å². The largest absolute Gasteiger partial charge is 0.476 e. The topological polar surface area (TPSA) is 69.9 Å². The average Bonchev–Trinajstić information content (AvgIpc) is 2.29. The summed E-state index contributed by atoms with van der Waals surface area (Å²) in [5.41, 5.74) is 2.19. The molecule has 0 saturated heterocycles. The minimum atomic E-state index is -1.23. The van der Waals surface area contributed by atoms with E-state index in [9.17, 15) is 4.79 Å². The van der Waals surface area contributed by atoms with E-state index in [4.69, 9.17) is 10.3 Å². The molecule has 0 amide bonds. The number of carboxylic acid groups (broad SMARTS) is 1. The van der Waals surface area contributed by atoms with Gasteiger partial charge in [0.15, 0.2) is 5.71 Å². The molecule has 1 aromatic rings. The van der Waals surface area contributed by atoms with Gasteiger partial charge >= 0.3 is 5.97 Å². The molecule has 98 valence electrons. The van der Waals surface area contributed by atoms with Crippen molar-refractivity contribution in [1.82, 2.24) is 0 Å². The molecule has 4 heteroatoms. The summed E-state index contributed by atoms with van der Waals surface area (Å²) >= 11 is 0. The van der Waals surface area contributed by atoms with Crippen molar-refractivity contribution >= 4 is 11.7 Å². The second kappa shape index (κ2) is 5.67. The lowest BCUT2D eigenvalue weighted by atomic mass is 9.90. The van der Waals surface area contributed by atoms with Crippen LogP contribution in [0.2, 0.25) is 0 Å². The van der Waals surface area contributed by atoms with E-state index in [1.807, 2.05) is 26.0 Å². The second-order valence-electron chi connectivity index (χ2n) is 4.91. The van der Waals surface area contributed by atoms with Gasteiger partial charge in [0.1, 0.15) is 0 Å². The molecule has 0 fully saturated rings. The summed E-state index contributed by atoms with van der Waals surface area (Å²) in [4.78, 5) is 11.0. The summed E-state index contributed by atoms with van der Waals surface area (Å²) in [6.07, 6.45) is 0. The molecule has 1 aromatic carbocycles. The number of rotatable bonds is 4. The van der Waals surface area contributed by atoms with Crippen molar-refractivity contribution in [2.75, 3.05) is 0 Å². The van der Waals surface area contributed by atoms with Crippen molar-refractivity contribution in [2.24, 2.45) is 5.16 Å². The van der Waals surface area contributed by atoms with Crippen LogP contribution < -0.4 is 0 Å². The minimum Gasteiger partial charge on any atom is -0.476 e. The van der Waals surface area contributed by atoms with E-state index in [2.05, 4.69) is 19.0 Å². The fourth-order valence-electron chi connectivity index (χ4n) is 1.85. The van der Waals surface area contributed by atoms with Gasteiger partial charge in [-0.05, 0) is 23.0 Å². The van der Waals surface area contributed by atoms with Crippen molar-refractivity contribution < 1.29 is 15.1 Å². The first-order chi connectivity index (χ1) is 8.38. The van der Waals surface area contributed by atoms with E-state index < -0.39 is 5.97 Å². The summed E-state index contributed by atoms with van der Waals surface area (Å²) < 4.78 is 0. The molecule has 0 heterocycles. The van der Waals surface area contributed by atoms with Gasteiger partial charge in [-0.2, -0.15) is 0 Å². The van der Waals surface area contributed by atoms with Crippen LogP contribution in [0.4, 0.5) is 0 Å². The van der Waals surface area contributed by atoms with Gasteiger partial charge < -0.3 is 10.3 Å². The maximum atomic E-state index is 11.0. The lowest BCUT2D eigenvalue weighted by molar-refractivity contribution is -0.129. The molecule has 0 aromatic heterocycles. The number of carbonyl (C=O) groups is 1. The van der Waals surface area contributed by atoms with Crippen LogP contribution in [0, 0.1) is 0 Å². The number of hydrogen-bond donors (Lipinski definition) is 2. The van der Waals surface area contributed by atoms with Crippen molar-refractivity contribution in [3.63, 3.8) is 0 Å². The van der Waals surface area contributed by atoms with Crippen LogP contribution in [-0.4, -0.2) is 22.0 Å². The Balaban J connectivity index is 3.41. The molecule has 1 rings (SSSR count). The van der Waals surface area contributed by atoms with Crippen LogP contribution in [-0.2, 0) is 4.79 Å². The number of oxime groups is 1. The van der Waals surface area contributed by atoms with Gasteiger partial charge in [-0.1, -0.05) is 51.0 Å². The third-order valence-corrected chi connectivity index (χ3v) is 2.92. The summed E-state index contributed by atoms with van der Waals surface area (Å²) in [5.74, 6) is -0.692. The standard InChI is InChI=1S/C14H19NO3/c1-8(2)10-5-6-11(12(7-10)9(3)4)13(15-18)14(16)17/h5-9,18H,1-4H3,(H,16,17)/b15-13-. The SMILES string of the molecule is CC(C)c1ccc(/C(=N/O)C(=O)O)c(C(C)C)c1. The van der Waals surface area contributed by atoms with Crippen LogP contribution in [0.25, 0.3) is 0 Å². The Morgan fingerprint density at radius 3 is 2.17 bits per heavy atom. The minimum absolute atomic E-state index is 0.162. The van der Waals surface area contributed by atoms with Crippen LogP contribution in [0.1, 0.15) is 56.2 Å². The maximum absolute atomic E-state index is 11.0. The highest BCUT2D eigenvalue weighted by Crippen LogP contribution is 2.25. The summed E-state index contributed by atoms with van der Waals surface area (Å²) in [6.45, 7) is 8.13. The second-order valence-corrected chi connectivity index (χ2v) is 4.91. The van der Waals surface area contributed by atoms with Gasteiger partial charge in [0, 0.05) is 5.56 Å². The van der Waals surface area contributed by atoms with Gasteiger partial charge in [0.25, 0.3) is 0 Å². The quantitative estimate of drug-likeness (QED) is 0.489. The normalized spacial score (nSPS) is 12.2. The Kier molecular flexibility index (Phi) is 4.48. The van der Waals surface area contributed by atoms with Crippen LogP contribution >= 0.6 is 0 Å². The highest BCUT2D eigenvalue weighted by molar-refractivity contribution is 6.42. The number of nitrogens with zero attached hydrogens (tertiary/aromatic N) is 1. The molecule has 0 unspecified atom stereocenters. The van der Waals surface area contributed by atoms with Gasteiger partial charge in [-0.25, -0.2) is 4.79 Å². The zero-order chi connectivity index (χ0) is 13.9. The molecular formula is C14H19NO3. The predicted octanol–water partition coefficient (Wildman–Crippen LogP) is 3.20. The first-order valence-corrected chi connectivity index (χ1v) is 5.98. The first kappa shape index (κ1) is 14.2. The third-order valence-electron chi connectivity index (χ3n) is 2.92. The fourth-order valence-corrected chi connectivity index (χ4v) is 1.85. The van der Waals surface area contributed by atoms with Gasteiger partial charge in [0.05, 0.1) is 0 Å². The Hall–Kier alpha value is -1.84. The number of hydrogen-bond acceptors (Lipinski definition) is 3. The average molecular weight is 249 g/mol. The van der Waals surface area contributed by atoms with E-state index in [0.717, 1.165) is 11.1 Å². The van der Waals surface area contributed by atoms with E-state index in [1.165, 1.54) is 0 Å². The molecule has 0 aliphatic carbocycles. The molecule has 0 spiro atoms.